The smallest absolute Gasteiger partial charge is 0.340 e. The Hall–Kier alpha value is -2.75. The van der Waals surface area contributed by atoms with Gasteiger partial charge in [-0.05, 0) is 26.9 Å². The summed E-state index contributed by atoms with van der Waals surface area (Å²) < 4.78 is 4.66. The number of hydrogen-bond donors (Lipinski definition) is 1. The highest BCUT2D eigenvalue weighted by molar-refractivity contribution is 5.99. The van der Waals surface area contributed by atoms with Gasteiger partial charge in [-0.2, -0.15) is 0 Å². The first-order valence-corrected chi connectivity index (χ1v) is 8.18. The largest absolute Gasteiger partial charge is 0.465 e. The van der Waals surface area contributed by atoms with Crippen molar-refractivity contribution in [1.82, 2.24) is 4.90 Å². The number of non-ortho nitro benzene ring substituents is 1. The fourth-order valence-electron chi connectivity index (χ4n) is 3.39. The van der Waals surface area contributed by atoms with E-state index in [0.29, 0.717) is 6.54 Å². The monoisotopic (exact) mass is 366 g/mol. The molecule has 26 heavy (non-hydrogen) atoms. The standard InChI is InChI=1S/C16H22N4O6/c1-18(2)16(6-4-5-7-16)10-17-14-12(15(21)26-3)8-11(19(22)23)9-13(14)20(24)25/h8-9,17H,4-7,10H2,1-3H3. The van der Waals surface area contributed by atoms with Gasteiger partial charge in [0.05, 0.1) is 28.6 Å². The van der Waals surface area contributed by atoms with Crippen LogP contribution < -0.4 is 5.32 Å². The number of carbonyl (C=O) groups is 1. The Morgan fingerprint density at radius 1 is 1.23 bits per heavy atom. The van der Waals surface area contributed by atoms with Crippen molar-refractivity contribution in [2.45, 2.75) is 31.2 Å². The molecule has 0 atom stereocenters. The molecular weight excluding hydrogens is 344 g/mol. The van der Waals surface area contributed by atoms with Crippen molar-refractivity contribution < 1.29 is 19.4 Å². The van der Waals surface area contributed by atoms with E-state index in [1.54, 1.807) is 0 Å². The van der Waals surface area contributed by atoms with Crippen LogP contribution in [0, 0.1) is 20.2 Å². The van der Waals surface area contributed by atoms with E-state index in [2.05, 4.69) is 15.0 Å². The molecule has 142 valence electrons. The second-order valence-electron chi connectivity index (χ2n) is 6.57. The number of nitrogens with zero attached hydrogens (tertiary/aromatic N) is 3. The number of likely N-dealkylation sites (N-methyl/N-ethyl adjacent to an activating group) is 1. The Balaban J connectivity index is 2.49. The predicted octanol–water partition coefficient (Wildman–Crippen LogP) is 2.58. The number of nitrogens with one attached hydrogen (secondary N) is 1. The molecule has 0 spiro atoms. The highest BCUT2D eigenvalue weighted by Gasteiger charge is 2.37. The molecule has 1 N–H and O–H groups in total. The van der Waals surface area contributed by atoms with Gasteiger partial charge in [0.2, 0.25) is 0 Å². The average molecular weight is 366 g/mol. The van der Waals surface area contributed by atoms with E-state index >= 15 is 0 Å². The molecule has 0 saturated heterocycles. The number of esters is 1. The van der Waals surface area contributed by atoms with E-state index in [9.17, 15) is 25.0 Å². The van der Waals surface area contributed by atoms with E-state index in [1.807, 2.05) is 14.1 Å². The van der Waals surface area contributed by atoms with Crippen LogP contribution in [0.2, 0.25) is 0 Å². The zero-order valence-corrected chi connectivity index (χ0v) is 15.0. The Bertz CT molecular complexity index is 728. The van der Waals surface area contributed by atoms with Crippen LogP contribution in [0.1, 0.15) is 36.0 Å². The Morgan fingerprint density at radius 3 is 2.31 bits per heavy atom. The maximum Gasteiger partial charge on any atom is 0.340 e. The van der Waals surface area contributed by atoms with E-state index < -0.39 is 27.2 Å². The zero-order chi connectivity index (χ0) is 19.5. The summed E-state index contributed by atoms with van der Waals surface area (Å²) in [5, 5.41) is 25.5. The fourth-order valence-corrected chi connectivity index (χ4v) is 3.39. The quantitative estimate of drug-likeness (QED) is 0.443. The molecule has 2 rings (SSSR count). The van der Waals surface area contributed by atoms with Gasteiger partial charge >= 0.3 is 5.97 Å². The van der Waals surface area contributed by atoms with Gasteiger partial charge in [-0.3, -0.25) is 20.2 Å². The minimum Gasteiger partial charge on any atom is -0.465 e. The minimum absolute atomic E-state index is 0.0550. The van der Waals surface area contributed by atoms with Crippen LogP contribution >= 0.6 is 0 Å². The maximum absolute atomic E-state index is 12.1. The molecule has 0 heterocycles. The number of nitro benzene ring substituents is 2. The lowest BCUT2D eigenvalue weighted by Gasteiger charge is -2.36. The van der Waals surface area contributed by atoms with Crippen LogP contribution in [0.25, 0.3) is 0 Å². The van der Waals surface area contributed by atoms with Crippen molar-refractivity contribution >= 4 is 23.0 Å². The summed E-state index contributed by atoms with van der Waals surface area (Å²) in [4.78, 5) is 35.1. The SMILES string of the molecule is COC(=O)c1cc([N+](=O)[O-])cc([N+](=O)[O-])c1NCC1(N(C)C)CCCC1. The minimum atomic E-state index is -0.871. The van der Waals surface area contributed by atoms with E-state index in [1.165, 1.54) is 0 Å². The number of anilines is 1. The zero-order valence-electron chi connectivity index (χ0n) is 15.0. The molecule has 1 aliphatic rings. The first-order valence-electron chi connectivity index (χ1n) is 8.18. The molecule has 0 amide bonds. The Morgan fingerprint density at radius 2 is 1.85 bits per heavy atom. The number of hydrogen-bond acceptors (Lipinski definition) is 8. The van der Waals surface area contributed by atoms with Gasteiger partial charge in [0.1, 0.15) is 5.69 Å². The number of nitro groups is 2. The molecule has 0 aliphatic heterocycles. The first kappa shape index (κ1) is 19.6. The average Bonchev–Trinajstić information content (AvgIpc) is 3.08. The van der Waals surface area contributed by atoms with E-state index in [4.69, 9.17) is 0 Å². The molecule has 1 aliphatic carbocycles. The number of ether oxygens (including phenoxy) is 1. The lowest BCUT2D eigenvalue weighted by atomic mass is 9.95. The summed E-state index contributed by atoms with van der Waals surface area (Å²) in [5.41, 5.74) is -1.53. The number of benzene rings is 1. The molecular formula is C16H22N4O6. The van der Waals surface area contributed by atoms with Gasteiger partial charge in [0.25, 0.3) is 11.4 Å². The van der Waals surface area contributed by atoms with Crippen molar-refractivity contribution in [2.75, 3.05) is 33.1 Å². The molecule has 0 bridgehead atoms. The summed E-state index contributed by atoms with van der Waals surface area (Å²) in [6.45, 7) is 0.378. The molecule has 0 aromatic heterocycles. The molecule has 1 fully saturated rings. The van der Waals surface area contributed by atoms with Gasteiger partial charge in [-0.25, -0.2) is 4.79 Å². The molecule has 0 radical (unpaired) electrons. The van der Waals surface area contributed by atoms with Crippen molar-refractivity contribution in [3.63, 3.8) is 0 Å². The summed E-state index contributed by atoms with van der Waals surface area (Å²) in [6, 6.07) is 1.85. The van der Waals surface area contributed by atoms with Crippen LogP contribution in [0.5, 0.6) is 0 Å². The van der Waals surface area contributed by atoms with Gasteiger partial charge in [0.15, 0.2) is 0 Å². The number of methoxy groups -OCH3 is 1. The van der Waals surface area contributed by atoms with Crippen LogP contribution in [-0.4, -0.2) is 54.0 Å². The van der Waals surface area contributed by atoms with E-state index in [0.717, 1.165) is 44.9 Å². The van der Waals surface area contributed by atoms with Crippen molar-refractivity contribution in [3.8, 4) is 0 Å². The summed E-state index contributed by atoms with van der Waals surface area (Å²) >= 11 is 0. The van der Waals surface area contributed by atoms with Gasteiger partial charge in [-0.15, -0.1) is 0 Å². The normalized spacial score (nSPS) is 15.7. The molecule has 1 aromatic rings. The topological polar surface area (TPSA) is 128 Å². The van der Waals surface area contributed by atoms with Crippen molar-refractivity contribution in [1.29, 1.82) is 0 Å². The summed E-state index contributed by atoms with van der Waals surface area (Å²) in [7, 11) is 5.01. The Kier molecular flexibility index (Phi) is 5.76. The van der Waals surface area contributed by atoms with Gasteiger partial charge in [-0.1, -0.05) is 12.8 Å². The highest BCUT2D eigenvalue weighted by Crippen LogP contribution is 2.37. The maximum atomic E-state index is 12.1. The van der Waals surface area contributed by atoms with Crippen LogP contribution in [0.3, 0.4) is 0 Å². The third-order valence-electron chi connectivity index (χ3n) is 4.99. The van der Waals surface area contributed by atoms with Gasteiger partial charge in [0, 0.05) is 18.2 Å². The first-order chi connectivity index (χ1) is 12.2. The van der Waals surface area contributed by atoms with Crippen LogP contribution in [0.15, 0.2) is 12.1 Å². The number of rotatable bonds is 7. The molecule has 1 saturated carbocycles. The lowest BCUT2D eigenvalue weighted by molar-refractivity contribution is -0.393. The second-order valence-corrected chi connectivity index (χ2v) is 6.57. The molecule has 10 nitrogen and oxygen atoms in total. The van der Waals surface area contributed by atoms with Crippen molar-refractivity contribution in [3.05, 3.63) is 37.9 Å². The summed E-state index contributed by atoms with van der Waals surface area (Å²) in [6.07, 6.45) is 3.93. The molecule has 1 aromatic carbocycles. The third kappa shape index (κ3) is 3.74. The molecule has 0 unspecified atom stereocenters. The number of carbonyl (C=O) groups excluding carboxylic acids is 1. The van der Waals surface area contributed by atoms with Gasteiger partial charge < -0.3 is 15.0 Å². The second kappa shape index (κ2) is 7.65. The fraction of sp³-hybridized carbons (Fsp3) is 0.562. The third-order valence-corrected chi connectivity index (χ3v) is 4.99. The molecule has 10 heteroatoms. The van der Waals surface area contributed by atoms with Crippen molar-refractivity contribution in [2.24, 2.45) is 0 Å². The summed E-state index contributed by atoms with van der Waals surface area (Å²) in [5.74, 6) is -0.871. The predicted molar refractivity (Wildman–Crippen MR) is 94.5 cm³/mol. The highest BCUT2D eigenvalue weighted by atomic mass is 16.6. The van der Waals surface area contributed by atoms with Crippen LogP contribution in [-0.2, 0) is 4.74 Å². The van der Waals surface area contributed by atoms with E-state index in [-0.39, 0.29) is 16.8 Å². The Labute approximate surface area is 150 Å². The van der Waals surface area contributed by atoms with Crippen LogP contribution in [0.4, 0.5) is 17.1 Å². The lowest BCUT2D eigenvalue weighted by Crippen LogP contribution is -2.47.